The zero-order valence-electron chi connectivity index (χ0n) is 12.6. The molecule has 0 aromatic carbocycles. The molecule has 2 aromatic heterocycles. The van der Waals surface area contributed by atoms with E-state index in [0.717, 1.165) is 15.3 Å². The summed E-state index contributed by atoms with van der Waals surface area (Å²) in [5.74, 6) is 1.14. The smallest absolute Gasteiger partial charge is 0.259 e. The van der Waals surface area contributed by atoms with Crippen LogP contribution in [0.1, 0.15) is 30.1 Å². The van der Waals surface area contributed by atoms with Crippen molar-refractivity contribution in [2.75, 3.05) is 6.54 Å². The van der Waals surface area contributed by atoms with Crippen molar-refractivity contribution in [3.63, 3.8) is 0 Å². The van der Waals surface area contributed by atoms with Crippen molar-refractivity contribution in [3.05, 3.63) is 26.6 Å². The second kappa shape index (κ2) is 6.62. The Balaban J connectivity index is 2.17. The Morgan fingerprint density at radius 2 is 2.19 bits per heavy atom. The first-order valence-electron chi connectivity index (χ1n) is 6.82. The minimum Gasteiger partial charge on any atom is -0.355 e. The minimum absolute atomic E-state index is 0.00809. The molecule has 0 aliphatic heterocycles. The lowest BCUT2D eigenvalue weighted by molar-refractivity contribution is -0.120. The van der Waals surface area contributed by atoms with Crippen molar-refractivity contribution in [1.82, 2.24) is 15.3 Å². The molecular formula is C14H19N3O2S2. The number of nitrogens with one attached hydrogen (secondary N) is 2. The van der Waals surface area contributed by atoms with E-state index in [1.54, 1.807) is 0 Å². The van der Waals surface area contributed by atoms with Gasteiger partial charge >= 0.3 is 0 Å². The fourth-order valence-electron chi connectivity index (χ4n) is 1.97. The molecule has 2 aromatic rings. The quantitative estimate of drug-likeness (QED) is 0.885. The van der Waals surface area contributed by atoms with Crippen molar-refractivity contribution in [3.8, 4) is 0 Å². The predicted octanol–water partition coefficient (Wildman–Crippen LogP) is 2.36. The Bertz CT molecular complexity index is 721. The average molecular weight is 325 g/mol. The van der Waals surface area contributed by atoms with E-state index in [2.05, 4.69) is 15.3 Å². The van der Waals surface area contributed by atoms with Gasteiger partial charge in [0.05, 0.1) is 16.4 Å². The molecule has 1 amide bonds. The normalized spacial score (nSPS) is 12.6. The summed E-state index contributed by atoms with van der Waals surface area (Å²) >= 11 is 3.00. The summed E-state index contributed by atoms with van der Waals surface area (Å²) in [6.45, 7) is 8.30. The number of fused-ring (bicyclic) bond motifs is 1. The van der Waals surface area contributed by atoms with Crippen molar-refractivity contribution in [2.45, 2.75) is 38.7 Å². The number of thioether (sulfide) groups is 1. The first kappa shape index (κ1) is 16.0. The highest BCUT2D eigenvalue weighted by atomic mass is 32.2. The highest BCUT2D eigenvalue weighted by Crippen LogP contribution is 2.26. The lowest BCUT2D eigenvalue weighted by Gasteiger charge is -2.10. The van der Waals surface area contributed by atoms with Crippen LogP contribution in [0.5, 0.6) is 0 Å². The van der Waals surface area contributed by atoms with Crippen LogP contribution in [-0.4, -0.2) is 27.7 Å². The van der Waals surface area contributed by atoms with E-state index in [0.29, 0.717) is 23.5 Å². The number of hydrogen-bond donors (Lipinski definition) is 2. The van der Waals surface area contributed by atoms with Gasteiger partial charge in [0.25, 0.3) is 5.56 Å². The molecule has 1 atom stereocenters. The van der Waals surface area contributed by atoms with E-state index in [1.165, 1.54) is 23.1 Å². The Morgan fingerprint density at radius 3 is 2.86 bits per heavy atom. The largest absolute Gasteiger partial charge is 0.355 e. The fourth-order valence-corrected chi connectivity index (χ4v) is 3.79. The van der Waals surface area contributed by atoms with E-state index in [9.17, 15) is 9.59 Å². The maximum Gasteiger partial charge on any atom is 0.259 e. The number of thiophene rings is 1. The molecule has 0 aliphatic carbocycles. The maximum atomic E-state index is 12.1. The zero-order chi connectivity index (χ0) is 15.6. The van der Waals surface area contributed by atoms with Crippen LogP contribution < -0.4 is 10.9 Å². The Labute approximate surface area is 131 Å². The van der Waals surface area contributed by atoms with E-state index < -0.39 is 0 Å². The molecule has 7 heteroatoms. The van der Waals surface area contributed by atoms with Gasteiger partial charge in [0.1, 0.15) is 10.7 Å². The molecule has 0 spiro atoms. The second-order valence-electron chi connectivity index (χ2n) is 4.82. The van der Waals surface area contributed by atoms with Crippen molar-refractivity contribution < 1.29 is 4.79 Å². The van der Waals surface area contributed by atoms with Crippen LogP contribution in [0.3, 0.4) is 0 Å². The molecule has 2 heterocycles. The van der Waals surface area contributed by atoms with Crippen molar-refractivity contribution in [2.24, 2.45) is 0 Å². The lowest BCUT2D eigenvalue weighted by atomic mass is 10.2. The summed E-state index contributed by atoms with van der Waals surface area (Å²) < 4.78 is 0. The predicted molar refractivity (Wildman–Crippen MR) is 89.2 cm³/mol. The minimum atomic E-state index is -0.169. The molecule has 1 unspecified atom stereocenters. The summed E-state index contributed by atoms with van der Waals surface area (Å²) in [6, 6.07) is 0. The summed E-state index contributed by atoms with van der Waals surface area (Å²) in [5, 5.41) is 3.30. The summed E-state index contributed by atoms with van der Waals surface area (Å²) in [6.07, 6.45) is 0. The lowest BCUT2D eigenvalue weighted by Crippen LogP contribution is -2.30. The number of hydrogen-bond acceptors (Lipinski definition) is 5. The van der Waals surface area contributed by atoms with Crippen LogP contribution in [0.15, 0.2) is 4.79 Å². The van der Waals surface area contributed by atoms with Crippen molar-refractivity contribution in [1.29, 1.82) is 0 Å². The Hall–Kier alpha value is -1.34. The van der Waals surface area contributed by atoms with E-state index >= 15 is 0 Å². The third kappa shape index (κ3) is 3.47. The number of rotatable bonds is 5. The van der Waals surface area contributed by atoms with Gasteiger partial charge in [-0.25, -0.2) is 4.98 Å². The molecule has 0 radical (unpaired) electrons. The van der Waals surface area contributed by atoms with Crippen LogP contribution in [0, 0.1) is 13.8 Å². The van der Waals surface area contributed by atoms with Gasteiger partial charge in [-0.1, -0.05) is 0 Å². The second-order valence-corrected chi connectivity index (χ2v) is 7.36. The van der Waals surface area contributed by atoms with Crippen LogP contribution in [0.25, 0.3) is 10.2 Å². The third-order valence-corrected chi connectivity index (χ3v) is 5.53. The van der Waals surface area contributed by atoms with Gasteiger partial charge < -0.3 is 10.3 Å². The van der Waals surface area contributed by atoms with Gasteiger partial charge in [-0.2, -0.15) is 0 Å². The van der Waals surface area contributed by atoms with E-state index in [-0.39, 0.29) is 16.7 Å². The van der Waals surface area contributed by atoms with E-state index in [4.69, 9.17) is 0 Å². The van der Waals surface area contributed by atoms with Gasteiger partial charge in [-0.15, -0.1) is 23.1 Å². The average Bonchev–Trinajstić information content (AvgIpc) is 2.72. The third-order valence-electron chi connectivity index (χ3n) is 3.28. The van der Waals surface area contributed by atoms with Gasteiger partial charge in [0.2, 0.25) is 5.91 Å². The number of aromatic amines is 1. The SMILES string of the molecule is CCNC(=O)C(C)SCc1nc2sc(C)c(C)c2c(=O)[nH]1. The summed E-state index contributed by atoms with van der Waals surface area (Å²) in [4.78, 5) is 33.0. The number of nitrogens with zero attached hydrogens (tertiary/aromatic N) is 1. The number of carbonyl (C=O) groups excluding carboxylic acids is 1. The number of aryl methyl sites for hydroxylation is 2. The van der Waals surface area contributed by atoms with Gasteiger partial charge in [0, 0.05) is 11.4 Å². The monoisotopic (exact) mass is 325 g/mol. The molecule has 0 saturated heterocycles. The Kier molecular flexibility index (Phi) is 5.05. The summed E-state index contributed by atoms with van der Waals surface area (Å²) in [5.41, 5.74) is 0.904. The summed E-state index contributed by atoms with van der Waals surface area (Å²) in [7, 11) is 0. The van der Waals surface area contributed by atoms with Crippen LogP contribution in [0.2, 0.25) is 0 Å². The van der Waals surface area contributed by atoms with Crippen LogP contribution in [0.4, 0.5) is 0 Å². The molecule has 21 heavy (non-hydrogen) atoms. The molecule has 0 fully saturated rings. The standard InChI is InChI=1S/C14H19N3O2S2/c1-5-15-12(18)9(4)20-6-10-16-13(19)11-7(2)8(3)21-14(11)17-10/h9H,5-6H2,1-4H3,(H,15,18)(H,16,17,19). The molecule has 5 nitrogen and oxygen atoms in total. The van der Waals surface area contributed by atoms with E-state index in [1.807, 2.05) is 27.7 Å². The van der Waals surface area contributed by atoms with Crippen molar-refractivity contribution >= 4 is 39.2 Å². The number of H-pyrrole nitrogens is 1. The first-order valence-corrected chi connectivity index (χ1v) is 8.68. The molecular weight excluding hydrogens is 306 g/mol. The van der Waals surface area contributed by atoms with Gasteiger partial charge in [-0.3, -0.25) is 9.59 Å². The molecule has 0 bridgehead atoms. The van der Waals surface area contributed by atoms with Crippen LogP contribution >= 0.6 is 23.1 Å². The maximum absolute atomic E-state index is 12.1. The van der Waals surface area contributed by atoms with Gasteiger partial charge in [-0.05, 0) is 33.3 Å². The topological polar surface area (TPSA) is 74.8 Å². The Morgan fingerprint density at radius 1 is 1.48 bits per heavy atom. The molecule has 0 aliphatic rings. The first-order chi connectivity index (χ1) is 9.93. The zero-order valence-corrected chi connectivity index (χ0v) is 14.2. The van der Waals surface area contributed by atoms with Crippen LogP contribution in [-0.2, 0) is 10.5 Å². The highest BCUT2D eigenvalue weighted by Gasteiger charge is 2.15. The number of amides is 1. The highest BCUT2D eigenvalue weighted by molar-refractivity contribution is 7.99. The number of aromatic nitrogens is 2. The van der Waals surface area contributed by atoms with Gasteiger partial charge in [0.15, 0.2) is 0 Å². The number of carbonyl (C=O) groups is 1. The molecule has 2 N–H and O–H groups in total. The fraction of sp³-hybridized carbons (Fsp3) is 0.500. The molecule has 0 saturated carbocycles. The molecule has 114 valence electrons. The molecule has 2 rings (SSSR count).